The maximum atomic E-state index is 12.0. The fourth-order valence-corrected chi connectivity index (χ4v) is 2.96. The number of benzene rings is 1. The number of anilines is 1. The third-order valence-corrected chi connectivity index (χ3v) is 4.18. The molecule has 5 nitrogen and oxygen atoms in total. The van der Waals surface area contributed by atoms with E-state index in [0.717, 1.165) is 9.99 Å². The zero-order valence-corrected chi connectivity index (χ0v) is 15.0. The van der Waals surface area contributed by atoms with Gasteiger partial charge >= 0.3 is 0 Å². The van der Waals surface area contributed by atoms with Crippen LogP contribution in [0, 0.1) is 0 Å². The van der Waals surface area contributed by atoms with Crippen LogP contribution in [-0.2, 0) is 4.79 Å². The van der Waals surface area contributed by atoms with E-state index in [2.05, 4.69) is 26.2 Å². The van der Waals surface area contributed by atoms with E-state index in [4.69, 9.17) is 16.3 Å². The van der Waals surface area contributed by atoms with Crippen molar-refractivity contribution in [2.24, 2.45) is 0 Å². The Labute approximate surface area is 152 Å². The highest BCUT2D eigenvalue weighted by Gasteiger charge is 2.08. The number of fused-ring (bicyclic) bond motifs is 1. The van der Waals surface area contributed by atoms with E-state index in [0.29, 0.717) is 36.2 Å². The Morgan fingerprint density at radius 2 is 2.21 bits per heavy atom. The SMILES string of the molecule is O=C(CCCOc1ccc(Br)cc1Cl)Nc1ncc2ccccn12. The highest BCUT2D eigenvalue weighted by Crippen LogP contribution is 2.27. The Morgan fingerprint density at radius 1 is 1.33 bits per heavy atom. The van der Waals surface area contributed by atoms with Gasteiger partial charge in [-0.15, -0.1) is 0 Å². The van der Waals surface area contributed by atoms with Gasteiger partial charge in [0.1, 0.15) is 5.75 Å². The summed E-state index contributed by atoms with van der Waals surface area (Å²) in [4.78, 5) is 16.2. The van der Waals surface area contributed by atoms with Gasteiger partial charge in [0, 0.05) is 17.1 Å². The quantitative estimate of drug-likeness (QED) is 0.609. The molecule has 0 aliphatic carbocycles. The molecular weight excluding hydrogens is 394 g/mol. The van der Waals surface area contributed by atoms with Crippen molar-refractivity contribution in [1.29, 1.82) is 0 Å². The molecular formula is C17H15BrClN3O2. The molecule has 0 saturated carbocycles. The minimum Gasteiger partial charge on any atom is -0.492 e. The number of halogens is 2. The average Bonchev–Trinajstić information content (AvgIpc) is 2.96. The summed E-state index contributed by atoms with van der Waals surface area (Å²) >= 11 is 9.42. The van der Waals surface area contributed by atoms with Gasteiger partial charge in [-0.25, -0.2) is 4.98 Å². The fraction of sp³-hybridized carbons (Fsp3) is 0.176. The molecule has 0 radical (unpaired) electrons. The van der Waals surface area contributed by atoms with Crippen LogP contribution in [-0.4, -0.2) is 21.9 Å². The van der Waals surface area contributed by atoms with Crippen molar-refractivity contribution in [2.45, 2.75) is 12.8 Å². The van der Waals surface area contributed by atoms with E-state index in [1.165, 1.54) is 0 Å². The zero-order valence-electron chi connectivity index (χ0n) is 12.7. The molecule has 0 unspecified atom stereocenters. The van der Waals surface area contributed by atoms with Crippen LogP contribution < -0.4 is 10.1 Å². The van der Waals surface area contributed by atoms with Crippen LogP contribution in [0.15, 0.2) is 53.3 Å². The standard InChI is InChI=1S/C17H15BrClN3O2/c18-12-6-7-15(14(19)10-12)24-9-3-5-16(23)21-17-20-11-13-4-1-2-8-22(13)17/h1-2,4,6-8,10-11H,3,5,9H2,(H,20,21,23). The molecule has 0 bridgehead atoms. The topological polar surface area (TPSA) is 55.6 Å². The number of rotatable bonds is 6. The predicted octanol–water partition coefficient (Wildman–Crippen LogP) is 4.55. The Hall–Kier alpha value is -2.05. The van der Waals surface area contributed by atoms with Crippen LogP contribution in [0.3, 0.4) is 0 Å². The molecule has 0 saturated heterocycles. The van der Waals surface area contributed by atoms with E-state index >= 15 is 0 Å². The van der Waals surface area contributed by atoms with Crippen molar-refractivity contribution < 1.29 is 9.53 Å². The molecule has 0 aliphatic rings. The van der Waals surface area contributed by atoms with Gasteiger partial charge < -0.3 is 4.74 Å². The molecule has 1 amide bonds. The number of carbonyl (C=O) groups excluding carboxylic acids is 1. The highest BCUT2D eigenvalue weighted by molar-refractivity contribution is 9.10. The van der Waals surface area contributed by atoms with Gasteiger partial charge in [0.2, 0.25) is 11.9 Å². The first-order chi connectivity index (χ1) is 11.6. The summed E-state index contributed by atoms with van der Waals surface area (Å²) in [5.41, 5.74) is 0.931. The van der Waals surface area contributed by atoms with Crippen molar-refractivity contribution in [3.05, 3.63) is 58.3 Å². The van der Waals surface area contributed by atoms with Crippen molar-refractivity contribution in [3.8, 4) is 5.75 Å². The number of pyridine rings is 1. The number of imidazole rings is 1. The Kier molecular flexibility index (Phi) is 5.37. The molecule has 2 aromatic heterocycles. The third-order valence-electron chi connectivity index (χ3n) is 3.39. The van der Waals surface area contributed by atoms with E-state index in [1.54, 1.807) is 18.3 Å². The van der Waals surface area contributed by atoms with Gasteiger partial charge in [-0.3, -0.25) is 14.5 Å². The van der Waals surface area contributed by atoms with Gasteiger partial charge in [0.25, 0.3) is 0 Å². The number of nitrogens with zero attached hydrogens (tertiary/aromatic N) is 2. The van der Waals surface area contributed by atoms with Crippen LogP contribution in [0.25, 0.3) is 5.52 Å². The molecule has 24 heavy (non-hydrogen) atoms. The van der Waals surface area contributed by atoms with E-state index in [1.807, 2.05) is 34.9 Å². The van der Waals surface area contributed by atoms with Crippen molar-refractivity contribution in [3.63, 3.8) is 0 Å². The molecule has 124 valence electrons. The first kappa shape index (κ1) is 16.8. The highest BCUT2D eigenvalue weighted by atomic mass is 79.9. The maximum absolute atomic E-state index is 12.0. The third kappa shape index (κ3) is 4.07. The van der Waals surface area contributed by atoms with Crippen molar-refractivity contribution in [2.75, 3.05) is 11.9 Å². The number of aromatic nitrogens is 2. The van der Waals surface area contributed by atoms with Gasteiger partial charge in [0.05, 0.1) is 23.3 Å². The summed E-state index contributed by atoms with van der Waals surface area (Å²) in [6, 6.07) is 11.2. The second-order valence-corrected chi connectivity index (χ2v) is 6.48. The number of carbonyl (C=O) groups is 1. The first-order valence-corrected chi connectivity index (χ1v) is 8.60. The van der Waals surface area contributed by atoms with Gasteiger partial charge in [-0.1, -0.05) is 33.6 Å². The van der Waals surface area contributed by atoms with Crippen LogP contribution in [0.2, 0.25) is 5.02 Å². The minimum atomic E-state index is -0.100. The van der Waals surface area contributed by atoms with Crippen molar-refractivity contribution >= 4 is 44.9 Å². The lowest BCUT2D eigenvalue weighted by molar-refractivity contribution is -0.116. The second-order valence-electron chi connectivity index (χ2n) is 5.15. The smallest absolute Gasteiger partial charge is 0.226 e. The summed E-state index contributed by atoms with van der Waals surface area (Å²) in [5.74, 6) is 1.03. The number of ether oxygens (including phenoxy) is 1. The Bertz CT molecular complexity index is 866. The maximum Gasteiger partial charge on any atom is 0.226 e. The Balaban J connectivity index is 1.47. The number of amides is 1. The molecule has 0 atom stereocenters. The minimum absolute atomic E-state index is 0.100. The summed E-state index contributed by atoms with van der Waals surface area (Å²) in [7, 11) is 0. The van der Waals surface area contributed by atoms with Crippen LogP contribution >= 0.6 is 27.5 Å². The number of hydrogen-bond acceptors (Lipinski definition) is 3. The monoisotopic (exact) mass is 407 g/mol. The molecule has 0 spiro atoms. The van der Waals surface area contributed by atoms with E-state index < -0.39 is 0 Å². The Morgan fingerprint density at radius 3 is 3.04 bits per heavy atom. The molecule has 7 heteroatoms. The van der Waals surface area contributed by atoms with Gasteiger partial charge in [-0.2, -0.15) is 0 Å². The lowest BCUT2D eigenvalue weighted by Gasteiger charge is -2.08. The summed E-state index contributed by atoms with van der Waals surface area (Å²) < 4.78 is 8.32. The van der Waals surface area contributed by atoms with Gasteiger partial charge in [0.15, 0.2) is 0 Å². The number of hydrogen-bond donors (Lipinski definition) is 1. The zero-order chi connectivity index (χ0) is 16.9. The molecule has 2 heterocycles. The van der Waals surface area contributed by atoms with Gasteiger partial charge in [-0.05, 0) is 36.8 Å². The second kappa shape index (κ2) is 7.68. The lowest BCUT2D eigenvalue weighted by Crippen LogP contribution is -2.14. The van der Waals surface area contributed by atoms with E-state index in [9.17, 15) is 4.79 Å². The average molecular weight is 409 g/mol. The fourth-order valence-electron chi connectivity index (χ4n) is 2.23. The molecule has 0 fully saturated rings. The molecule has 3 aromatic rings. The summed E-state index contributed by atoms with van der Waals surface area (Å²) in [5, 5.41) is 3.35. The normalized spacial score (nSPS) is 10.8. The molecule has 1 N–H and O–H groups in total. The number of nitrogens with one attached hydrogen (secondary N) is 1. The molecule has 1 aromatic carbocycles. The summed E-state index contributed by atoms with van der Waals surface area (Å²) in [6.07, 6.45) is 4.50. The van der Waals surface area contributed by atoms with Crippen LogP contribution in [0.5, 0.6) is 5.75 Å². The summed E-state index contributed by atoms with van der Waals surface area (Å²) in [6.45, 7) is 0.414. The van der Waals surface area contributed by atoms with Crippen molar-refractivity contribution in [1.82, 2.24) is 9.38 Å². The molecule has 0 aliphatic heterocycles. The van der Waals surface area contributed by atoms with Crippen LogP contribution in [0.1, 0.15) is 12.8 Å². The lowest BCUT2D eigenvalue weighted by atomic mass is 10.3. The predicted molar refractivity (Wildman–Crippen MR) is 97.7 cm³/mol. The molecule has 3 rings (SSSR count). The van der Waals surface area contributed by atoms with Crippen LogP contribution in [0.4, 0.5) is 5.95 Å². The van der Waals surface area contributed by atoms with E-state index in [-0.39, 0.29) is 5.91 Å². The first-order valence-electron chi connectivity index (χ1n) is 7.43. The largest absolute Gasteiger partial charge is 0.492 e.